The van der Waals surface area contributed by atoms with Gasteiger partial charge in [-0.05, 0) is 30.2 Å². The molecule has 31 heavy (non-hydrogen) atoms. The first kappa shape index (κ1) is 21.7. The van der Waals surface area contributed by atoms with Gasteiger partial charge in [0.15, 0.2) is 17.0 Å². The minimum absolute atomic E-state index is 0.0383. The Bertz CT molecular complexity index is 1120. The zero-order chi connectivity index (χ0) is 22.7. The summed E-state index contributed by atoms with van der Waals surface area (Å²) in [5.41, 5.74) is 14.0. The normalized spacial score (nSPS) is 12.0. The number of aliphatic carboxylic acids is 1. The average Bonchev–Trinajstić information content (AvgIpc) is 2.71. The molecule has 3 rings (SSSR count). The van der Waals surface area contributed by atoms with E-state index >= 15 is 0 Å². The first-order chi connectivity index (χ1) is 14.7. The molecule has 0 spiro atoms. The van der Waals surface area contributed by atoms with Crippen LogP contribution in [0.2, 0.25) is 0 Å². The lowest BCUT2D eigenvalue weighted by Gasteiger charge is -2.20. The van der Waals surface area contributed by atoms with Crippen LogP contribution in [0.3, 0.4) is 0 Å². The lowest BCUT2D eigenvalue weighted by atomic mass is 10.0. The minimum atomic E-state index is -1.06. The number of carbonyl (C=O) groups is 2. The van der Waals surface area contributed by atoms with E-state index in [9.17, 15) is 14.7 Å². The second-order valence-electron chi connectivity index (χ2n) is 7.44. The summed E-state index contributed by atoms with van der Waals surface area (Å²) in [5.74, 6) is -1.53. The van der Waals surface area contributed by atoms with Crippen LogP contribution in [-0.2, 0) is 11.3 Å². The van der Waals surface area contributed by atoms with Gasteiger partial charge in [-0.3, -0.25) is 4.79 Å². The number of fused-ring (bicyclic) bond motifs is 1. The molecule has 0 saturated heterocycles. The maximum absolute atomic E-state index is 12.4. The van der Waals surface area contributed by atoms with E-state index in [1.165, 1.54) is 0 Å². The van der Waals surface area contributed by atoms with Gasteiger partial charge < -0.3 is 26.8 Å². The maximum Gasteiger partial charge on any atom is 0.326 e. The summed E-state index contributed by atoms with van der Waals surface area (Å²) in [6.07, 6.45) is 1.59. The molecule has 1 aromatic carbocycles. The van der Waals surface area contributed by atoms with Crippen LogP contribution >= 0.6 is 0 Å². The van der Waals surface area contributed by atoms with Crippen LogP contribution in [0.25, 0.3) is 11.2 Å². The fourth-order valence-electron chi connectivity index (χ4n) is 3.00. The molecule has 6 N–H and O–H groups in total. The van der Waals surface area contributed by atoms with Crippen molar-refractivity contribution in [3.8, 4) is 0 Å². The summed E-state index contributed by atoms with van der Waals surface area (Å²) < 4.78 is 0. The Morgan fingerprint density at radius 1 is 1.13 bits per heavy atom. The van der Waals surface area contributed by atoms with E-state index in [4.69, 9.17) is 11.5 Å². The first-order valence-electron chi connectivity index (χ1n) is 9.55. The number of aromatic nitrogens is 4. The molecule has 11 heteroatoms. The molecule has 0 fully saturated rings. The average molecular weight is 424 g/mol. The summed E-state index contributed by atoms with van der Waals surface area (Å²) in [4.78, 5) is 42.2. The summed E-state index contributed by atoms with van der Waals surface area (Å²) in [5, 5.41) is 11.8. The quantitative estimate of drug-likeness (QED) is 0.429. The molecular weight excluding hydrogens is 400 g/mol. The molecule has 1 atom stereocenters. The Kier molecular flexibility index (Phi) is 6.14. The number of nitrogens with zero attached hydrogens (tertiary/aromatic N) is 5. The van der Waals surface area contributed by atoms with Crippen molar-refractivity contribution in [2.24, 2.45) is 5.92 Å². The molecule has 0 aliphatic heterocycles. The van der Waals surface area contributed by atoms with Crippen molar-refractivity contribution in [1.82, 2.24) is 25.3 Å². The van der Waals surface area contributed by atoms with Gasteiger partial charge in [-0.2, -0.15) is 9.97 Å². The van der Waals surface area contributed by atoms with Crippen LogP contribution in [0, 0.1) is 5.92 Å². The number of rotatable bonds is 7. The van der Waals surface area contributed by atoms with Crippen molar-refractivity contribution >= 4 is 40.5 Å². The summed E-state index contributed by atoms with van der Waals surface area (Å²) in [6.45, 7) is 3.90. The van der Waals surface area contributed by atoms with E-state index in [1.54, 1.807) is 44.3 Å². The summed E-state index contributed by atoms with van der Waals surface area (Å²) in [6, 6.07) is 5.87. The van der Waals surface area contributed by atoms with E-state index in [-0.39, 0.29) is 17.7 Å². The minimum Gasteiger partial charge on any atom is -0.480 e. The van der Waals surface area contributed by atoms with Crippen molar-refractivity contribution in [2.45, 2.75) is 26.4 Å². The Morgan fingerprint density at radius 3 is 2.42 bits per heavy atom. The van der Waals surface area contributed by atoms with E-state index in [1.807, 2.05) is 11.9 Å². The number of benzene rings is 1. The summed E-state index contributed by atoms with van der Waals surface area (Å²) >= 11 is 0. The highest BCUT2D eigenvalue weighted by Crippen LogP contribution is 2.19. The third-order valence-corrected chi connectivity index (χ3v) is 4.69. The van der Waals surface area contributed by atoms with Gasteiger partial charge in [0.1, 0.15) is 6.04 Å². The predicted molar refractivity (Wildman–Crippen MR) is 116 cm³/mol. The molecule has 2 heterocycles. The number of amides is 1. The molecule has 11 nitrogen and oxygen atoms in total. The van der Waals surface area contributed by atoms with Gasteiger partial charge in [-0.1, -0.05) is 13.8 Å². The highest BCUT2D eigenvalue weighted by Gasteiger charge is 2.24. The van der Waals surface area contributed by atoms with Crippen LogP contribution in [0.5, 0.6) is 0 Å². The molecule has 0 saturated carbocycles. The van der Waals surface area contributed by atoms with Gasteiger partial charge >= 0.3 is 5.97 Å². The molecule has 0 unspecified atom stereocenters. The van der Waals surface area contributed by atoms with Gasteiger partial charge in [-0.25, -0.2) is 14.8 Å². The standard InChI is InChI=1S/C20H24N8O3/c1-10(2)14(19(30)31)25-18(29)11-4-6-13(7-5-11)28(3)9-12-8-23-17-15(24-12)16(21)26-20(22)27-17/h4-8,10,14H,9H2,1-3H3,(H,25,29)(H,30,31)(H4,21,22,23,26,27)/t14-/m0/s1. The van der Waals surface area contributed by atoms with Crippen LogP contribution < -0.4 is 21.7 Å². The zero-order valence-electron chi connectivity index (χ0n) is 17.4. The van der Waals surface area contributed by atoms with Gasteiger partial charge in [-0.15, -0.1) is 0 Å². The van der Waals surface area contributed by atoms with E-state index < -0.39 is 17.9 Å². The van der Waals surface area contributed by atoms with Crippen LogP contribution in [0.1, 0.15) is 29.9 Å². The smallest absolute Gasteiger partial charge is 0.326 e. The highest BCUT2D eigenvalue weighted by atomic mass is 16.4. The van der Waals surface area contributed by atoms with E-state index in [2.05, 4.69) is 25.3 Å². The van der Waals surface area contributed by atoms with E-state index in [0.29, 0.717) is 29.0 Å². The van der Waals surface area contributed by atoms with Gasteiger partial charge in [0.05, 0.1) is 18.4 Å². The van der Waals surface area contributed by atoms with Crippen molar-refractivity contribution < 1.29 is 14.7 Å². The number of nitrogens with one attached hydrogen (secondary N) is 1. The topological polar surface area (TPSA) is 173 Å². The molecular formula is C20H24N8O3. The van der Waals surface area contributed by atoms with Gasteiger partial charge in [0.25, 0.3) is 5.91 Å². The fourth-order valence-corrected chi connectivity index (χ4v) is 3.00. The molecule has 0 bridgehead atoms. The van der Waals surface area contributed by atoms with Crippen molar-refractivity contribution in [3.05, 3.63) is 41.7 Å². The molecule has 2 aromatic heterocycles. The zero-order valence-corrected chi connectivity index (χ0v) is 17.4. The number of carboxylic acid groups (broad SMARTS) is 1. The fraction of sp³-hybridized carbons (Fsp3) is 0.300. The molecule has 0 aliphatic rings. The lowest BCUT2D eigenvalue weighted by molar-refractivity contribution is -0.140. The van der Waals surface area contributed by atoms with Crippen molar-refractivity contribution in [3.63, 3.8) is 0 Å². The van der Waals surface area contributed by atoms with Crippen LogP contribution in [-0.4, -0.2) is 50.0 Å². The van der Waals surface area contributed by atoms with Gasteiger partial charge in [0.2, 0.25) is 5.95 Å². The second kappa shape index (κ2) is 8.78. The number of carboxylic acids is 1. The third kappa shape index (κ3) is 4.94. The predicted octanol–water partition coefficient (Wildman–Crippen LogP) is 1.06. The van der Waals surface area contributed by atoms with Gasteiger partial charge in [0, 0.05) is 18.3 Å². The molecule has 0 aliphatic carbocycles. The number of carbonyl (C=O) groups excluding carboxylic acids is 1. The SMILES string of the molecule is CC(C)[C@H](NC(=O)c1ccc(N(C)Cc2cnc3nc(N)nc(N)c3n2)cc1)C(=O)O. The number of nitrogen functional groups attached to an aromatic ring is 2. The molecule has 162 valence electrons. The van der Waals surface area contributed by atoms with Crippen molar-refractivity contribution in [1.29, 1.82) is 0 Å². The molecule has 0 radical (unpaired) electrons. The lowest BCUT2D eigenvalue weighted by Crippen LogP contribution is -2.44. The largest absolute Gasteiger partial charge is 0.480 e. The number of hydrogen-bond acceptors (Lipinski definition) is 9. The summed E-state index contributed by atoms with van der Waals surface area (Å²) in [7, 11) is 1.86. The second-order valence-corrected chi connectivity index (χ2v) is 7.44. The number of hydrogen-bond donors (Lipinski definition) is 4. The van der Waals surface area contributed by atoms with Crippen molar-refractivity contribution in [2.75, 3.05) is 23.4 Å². The number of anilines is 3. The molecule has 1 amide bonds. The number of nitrogens with two attached hydrogens (primary N) is 2. The van der Waals surface area contributed by atoms with Crippen LogP contribution in [0.15, 0.2) is 30.5 Å². The Labute approximate surface area is 178 Å². The monoisotopic (exact) mass is 424 g/mol. The Balaban J connectivity index is 1.72. The first-order valence-corrected chi connectivity index (χ1v) is 9.55. The maximum atomic E-state index is 12.4. The van der Waals surface area contributed by atoms with Crippen LogP contribution in [0.4, 0.5) is 17.5 Å². The van der Waals surface area contributed by atoms with E-state index in [0.717, 1.165) is 5.69 Å². The highest BCUT2D eigenvalue weighted by molar-refractivity contribution is 5.96. The third-order valence-electron chi connectivity index (χ3n) is 4.69. The molecule has 3 aromatic rings. The Morgan fingerprint density at radius 2 is 1.81 bits per heavy atom. The Hall–Kier alpha value is -4.02.